The predicted octanol–water partition coefficient (Wildman–Crippen LogP) is 0.964. The Bertz CT molecular complexity index is 772. The van der Waals surface area contributed by atoms with E-state index in [4.69, 9.17) is 14.2 Å². The number of hydrogen-bond acceptors (Lipinski definition) is 9. The van der Waals surface area contributed by atoms with Crippen LogP contribution in [0.5, 0.6) is 0 Å². The maximum Gasteiger partial charge on any atom is 0.523 e. The first-order valence-corrected chi connectivity index (χ1v) is 9.64. The summed E-state index contributed by atoms with van der Waals surface area (Å²) in [7, 11) is -12.3. The molecular formula is C10H12F6O9S2. The lowest BCUT2D eigenvalue weighted by molar-refractivity contribution is -0.216. The standard InChI is InChI=1S/C10H12F6O9S2/c1-8(2)23-6-5(25-27(19,20)10(14,15)16)4(22-7(6)24-8)3-21-26(17,18)9(11,12)13/h4-7H,3H2,1-2H3/t4-,5-,6-,7-/m1/s1. The average Bonchev–Trinajstić information content (AvgIpc) is 2.87. The SMILES string of the molecule is CC1(C)O[C@H]2O[C@H](COS(=O)(=O)C(F)(F)F)[C@@H](OS(=O)(=O)C(F)(F)F)[C@H]2O1. The van der Waals surface area contributed by atoms with Gasteiger partial charge in [-0.15, -0.1) is 0 Å². The van der Waals surface area contributed by atoms with Gasteiger partial charge in [-0.05, 0) is 13.8 Å². The molecular weight excluding hydrogens is 442 g/mol. The molecule has 2 saturated heterocycles. The van der Waals surface area contributed by atoms with Crippen molar-refractivity contribution >= 4 is 20.2 Å². The van der Waals surface area contributed by atoms with Crippen molar-refractivity contribution in [1.29, 1.82) is 0 Å². The molecule has 0 saturated carbocycles. The first-order valence-electron chi connectivity index (χ1n) is 6.83. The zero-order chi connectivity index (χ0) is 21.1. The molecule has 0 spiro atoms. The summed E-state index contributed by atoms with van der Waals surface area (Å²) in [6, 6.07) is 0. The van der Waals surface area contributed by atoms with Crippen molar-refractivity contribution in [1.82, 2.24) is 0 Å². The lowest BCUT2D eigenvalue weighted by atomic mass is 10.1. The van der Waals surface area contributed by atoms with E-state index < -0.39 is 68.2 Å². The summed E-state index contributed by atoms with van der Waals surface area (Å²) in [5.41, 5.74) is -11.7. The molecule has 2 aliphatic rings. The molecule has 0 bridgehead atoms. The van der Waals surface area contributed by atoms with Crippen LogP contribution in [0.4, 0.5) is 26.3 Å². The topological polar surface area (TPSA) is 114 Å². The molecule has 0 aliphatic carbocycles. The highest BCUT2D eigenvalue weighted by atomic mass is 32.2. The smallest absolute Gasteiger partial charge is 0.341 e. The van der Waals surface area contributed by atoms with E-state index in [2.05, 4.69) is 8.37 Å². The minimum atomic E-state index is -6.21. The molecule has 17 heteroatoms. The van der Waals surface area contributed by atoms with Crippen molar-refractivity contribution < 1.29 is 65.8 Å². The van der Waals surface area contributed by atoms with Crippen molar-refractivity contribution in [2.75, 3.05) is 6.61 Å². The van der Waals surface area contributed by atoms with E-state index in [1.165, 1.54) is 13.8 Å². The normalized spacial score (nSPS) is 31.9. The number of alkyl halides is 6. The predicted molar refractivity (Wildman–Crippen MR) is 69.5 cm³/mol. The van der Waals surface area contributed by atoms with Gasteiger partial charge < -0.3 is 14.2 Å². The Morgan fingerprint density at radius 2 is 1.44 bits per heavy atom. The second-order valence-corrected chi connectivity index (χ2v) is 8.96. The van der Waals surface area contributed by atoms with E-state index in [0.717, 1.165) is 0 Å². The fraction of sp³-hybridized carbons (Fsp3) is 1.00. The molecule has 0 amide bonds. The van der Waals surface area contributed by atoms with Crippen LogP contribution in [0, 0.1) is 0 Å². The highest BCUT2D eigenvalue weighted by Gasteiger charge is 2.60. The second kappa shape index (κ2) is 6.67. The fourth-order valence-corrected chi connectivity index (χ4v) is 3.30. The molecule has 2 rings (SSSR count). The second-order valence-electron chi connectivity index (χ2n) is 5.79. The molecule has 0 radical (unpaired) electrons. The highest BCUT2D eigenvalue weighted by molar-refractivity contribution is 7.87. The minimum Gasteiger partial charge on any atom is -0.341 e. The monoisotopic (exact) mass is 454 g/mol. The number of rotatable bonds is 5. The van der Waals surface area contributed by atoms with Crippen molar-refractivity contribution in [2.45, 2.75) is 55.3 Å². The molecule has 160 valence electrons. The van der Waals surface area contributed by atoms with Crippen LogP contribution in [0.25, 0.3) is 0 Å². The molecule has 0 unspecified atom stereocenters. The number of ether oxygens (including phenoxy) is 3. The first kappa shape index (κ1) is 22.6. The molecule has 0 aromatic carbocycles. The number of fused-ring (bicyclic) bond motifs is 1. The van der Waals surface area contributed by atoms with Gasteiger partial charge in [0.15, 0.2) is 12.1 Å². The van der Waals surface area contributed by atoms with Crippen LogP contribution in [0.15, 0.2) is 0 Å². The van der Waals surface area contributed by atoms with Crippen LogP contribution in [0.3, 0.4) is 0 Å². The Morgan fingerprint density at radius 1 is 0.926 bits per heavy atom. The van der Waals surface area contributed by atoms with E-state index in [1.54, 1.807) is 0 Å². The molecule has 2 heterocycles. The van der Waals surface area contributed by atoms with E-state index in [-0.39, 0.29) is 0 Å². The zero-order valence-corrected chi connectivity index (χ0v) is 14.9. The van der Waals surface area contributed by atoms with E-state index >= 15 is 0 Å². The Balaban J connectivity index is 2.23. The van der Waals surface area contributed by atoms with Gasteiger partial charge in [-0.1, -0.05) is 0 Å². The maximum atomic E-state index is 12.5. The van der Waals surface area contributed by atoms with Crippen molar-refractivity contribution in [2.24, 2.45) is 0 Å². The molecule has 0 aromatic rings. The molecule has 2 fully saturated rings. The molecule has 4 atom stereocenters. The largest absolute Gasteiger partial charge is 0.523 e. The summed E-state index contributed by atoms with van der Waals surface area (Å²) < 4.78 is 142. The molecule has 27 heavy (non-hydrogen) atoms. The third kappa shape index (κ3) is 4.65. The van der Waals surface area contributed by atoms with E-state index in [1.807, 2.05) is 0 Å². The molecule has 0 aromatic heterocycles. The van der Waals surface area contributed by atoms with Gasteiger partial charge in [0, 0.05) is 0 Å². The van der Waals surface area contributed by atoms with Crippen molar-refractivity contribution in [3.63, 3.8) is 0 Å². The van der Waals surface area contributed by atoms with Crippen molar-refractivity contribution in [3.8, 4) is 0 Å². The van der Waals surface area contributed by atoms with Gasteiger partial charge in [-0.25, -0.2) is 0 Å². The van der Waals surface area contributed by atoms with Gasteiger partial charge in [0.1, 0.15) is 18.3 Å². The van der Waals surface area contributed by atoms with Crippen LogP contribution in [-0.2, 0) is 42.8 Å². The highest BCUT2D eigenvalue weighted by Crippen LogP contribution is 2.41. The number of halogens is 6. The van der Waals surface area contributed by atoms with Gasteiger partial charge in [-0.2, -0.15) is 43.2 Å². The van der Waals surface area contributed by atoms with E-state index in [9.17, 15) is 43.2 Å². The summed E-state index contributed by atoms with van der Waals surface area (Å²) in [5.74, 6) is -1.44. The summed E-state index contributed by atoms with van der Waals surface area (Å²) in [4.78, 5) is 0. The van der Waals surface area contributed by atoms with Crippen LogP contribution < -0.4 is 0 Å². The van der Waals surface area contributed by atoms with Gasteiger partial charge >= 0.3 is 31.3 Å². The Labute approximate surface area is 148 Å². The number of hydrogen-bond donors (Lipinski definition) is 0. The fourth-order valence-electron chi connectivity index (χ4n) is 2.22. The quantitative estimate of drug-likeness (QED) is 0.340. The molecule has 2 aliphatic heterocycles. The minimum absolute atomic E-state index is 1.30. The Morgan fingerprint density at radius 3 is 1.93 bits per heavy atom. The Hall–Kier alpha value is -0.720. The lowest BCUT2D eigenvalue weighted by Crippen LogP contribution is -2.43. The van der Waals surface area contributed by atoms with Crippen LogP contribution >= 0.6 is 0 Å². The summed E-state index contributed by atoms with van der Waals surface area (Å²) in [6.07, 6.45) is -7.33. The van der Waals surface area contributed by atoms with Gasteiger partial charge in [0.05, 0.1) is 6.61 Å². The van der Waals surface area contributed by atoms with Crippen molar-refractivity contribution in [3.05, 3.63) is 0 Å². The Kier molecular flexibility index (Phi) is 5.57. The third-order valence-electron chi connectivity index (χ3n) is 3.28. The third-order valence-corrected chi connectivity index (χ3v) is 5.34. The molecule has 9 nitrogen and oxygen atoms in total. The van der Waals surface area contributed by atoms with Gasteiger partial charge in [0.2, 0.25) is 0 Å². The van der Waals surface area contributed by atoms with Crippen LogP contribution in [-0.4, -0.2) is 64.8 Å². The maximum absolute atomic E-state index is 12.5. The first-order chi connectivity index (χ1) is 11.9. The van der Waals surface area contributed by atoms with E-state index in [0.29, 0.717) is 0 Å². The van der Waals surface area contributed by atoms with Gasteiger partial charge in [-0.3, -0.25) is 8.37 Å². The lowest BCUT2D eigenvalue weighted by Gasteiger charge is -2.25. The summed E-state index contributed by atoms with van der Waals surface area (Å²) in [6.45, 7) is 1.09. The summed E-state index contributed by atoms with van der Waals surface area (Å²) in [5, 5.41) is 0. The van der Waals surface area contributed by atoms with Crippen LogP contribution in [0.2, 0.25) is 0 Å². The molecule has 0 N–H and O–H groups in total. The van der Waals surface area contributed by atoms with Gasteiger partial charge in [0.25, 0.3) is 0 Å². The van der Waals surface area contributed by atoms with Crippen LogP contribution in [0.1, 0.15) is 13.8 Å². The zero-order valence-electron chi connectivity index (χ0n) is 13.3. The summed E-state index contributed by atoms with van der Waals surface area (Å²) >= 11 is 0. The average molecular weight is 454 g/mol.